The van der Waals surface area contributed by atoms with Crippen molar-refractivity contribution in [1.29, 1.82) is 0 Å². The Balaban J connectivity index is 2.27. The van der Waals surface area contributed by atoms with Gasteiger partial charge in [-0.3, -0.25) is 9.59 Å². The number of allylic oxidation sites excluding steroid dienone is 1. The Kier molecular flexibility index (Phi) is 5.53. The Morgan fingerprint density at radius 1 is 1.12 bits per heavy atom. The minimum absolute atomic E-state index is 0.176. The summed E-state index contributed by atoms with van der Waals surface area (Å²) in [5, 5.41) is 8.97. The van der Waals surface area contributed by atoms with Crippen LogP contribution in [0.3, 0.4) is 0 Å². The van der Waals surface area contributed by atoms with Crippen molar-refractivity contribution >= 4 is 17.8 Å². The monoisotopic (exact) mass is 324 g/mol. The Morgan fingerprint density at radius 3 is 2.54 bits per heavy atom. The maximum absolute atomic E-state index is 12.4. The standard InChI is InChI=1S/C20H20O4/c1-13-4-5-14(2)15(10-13)6-8-18(21)16-7-9-19(24-3)17(11-16)12-20(22)23/h4-11H,12H2,1-3H3,(H,22,23)/b8-6+. The smallest absolute Gasteiger partial charge is 0.307 e. The molecule has 4 nitrogen and oxygen atoms in total. The molecule has 0 aliphatic heterocycles. The highest BCUT2D eigenvalue weighted by Gasteiger charge is 2.11. The molecule has 2 aromatic rings. The number of carbonyl (C=O) groups is 2. The van der Waals surface area contributed by atoms with Crippen molar-refractivity contribution < 1.29 is 19.4 Å². The topological polar surface area (TPSA) is 63.6 Å². The van der Waals surface area contributed by atoms with Gasteiger partial charge in [0.05, 0.1) is 13.5 Å². The summed E-state index contributed by atoms with van der Waals surface area (Å²) < 4.78 is 5.15. The molecule has 2 aromatic carbocycles. The van der Waals surface area contributed by atoms with E-state index >= 15 is 0 Å². The Morgan fingerprint density at radius 2 is 1.88 bits per heavy atom. The molecule has 4 heteroatoms. The lowest BCUT2D eigenvalue weighted by molar-refractivity contribution is -0.136. The van der Waals surface area contributed by atoms with Crippen molar-refractivity contribution in [3.05, 3.63) is 70.3 Å². The second kappa shape index (κ2) is 7.59. The first-order valence-corrected chi connectivity index (χ1v) is 7.59. The van der Waals surface area contributed by atoms with Gasteiger partial charge in [0.15, 0.2) is 5.78 Å². The predicted octanol–water partition coefficient (Wildman–Crippen LogP) is 3.84. The zero-order valence-corrected chi connectivity index (χ0v) is 14.0. The number of carbonyl (C=O) groups excluding carboxylic acids is 1. The van der Waals surface area contributed by atoms with Crippen LogP contribution in [0.4, 0.5) is 0 Å². The number of methoxy groups -OCH3 is 1. The van der Waals surface area contributed by atoms with E-state index in [4.69, 9.17) is 9.84 Å². The summed E-state index contributed by atoms with van der Waals surface area (Å²) >= 11 is 0. The summed E-state index contributed by atoms with van der Waals surface area (Å²) in [7, 11) is 1.47. The normalized spacial score (nSPS) is 10.8. The zero-order chi connectivity index (χ0) is 17.7. The van der Waals surface area contributed by atoms with Crippen molar-refractivity contribution in [2.24, 2.45) is 0 Å². The van der Waals surface area contributed by atoms with Crippen LogP contribution in [0.5, 0.6) is 5.75 Å². The Hall–Kier alpha value is -2.88. The van der Waals surface area contributed by atoms with Crippen molar-refractivity contribution in [2.45, 2.75) is 20.3 Å². The van der Waals surface area contributed by atoms with E-state index in [1.807, 2.05) is 32.0 Å². The first kappa shape index (κ1) is 17.5. The molecule has 0 saturated heterocycles. The lowest BCUT2D eigenvalue weighted by atomic mass is 10.0. The average Bonchev–Trinajstić information content (AvgIpc) is 2.54. The number of carboxylic acid groups (broad SMARTS) is 1. The molecule has 0 bridgehead atoms. The Bertz CT molecular complexity index is 803. The molecule has 0 aliphatic rings. The van der Waals surface area contributed by atoms with Crippen molar-refractivity contribution in [3.8, 4) is 5.75 Å². The molecule has 1 N–H and O–H groups in total. The largest absolute Gasteiger partial charge is 0.496 e. The fraction of sp³-hybridized carbons (Fsp3) is 0.200. The third-order valence-electron chi connectivity index (χ3n) is 3.76. The van der Waals surface area contributed by atoms with Crippen LogP contribution in [0.25, 0.3) is 6.08 Å². The van der Waals surface area contributed by atoms with E-state index in [0.717, 1.165) is 16.7 Å². The van der Waals surface area contributed by atoms with E-state index in [0.29, 0.717) is 16.9 Å². The van der Waals surface area contributed by atoms with E-state index in [-0.39, 0.29) is 12.2 Å². The van der Waals surface area contributed by atoms with Gasteiger partial charge in [-0.25, -0.2) is 0 Å². The highest BCUT2D eigenvalue weighted by Crippen LogP contribution is 2.21. The van der Waals surface area contributed by atoms with E-state index < -0.39 is 5.97 Å². The van der Waals surface area contributed by atoms with E-state index in [1.54, 1.807) is 24.3 Å². The molecule has 0 radical (unpaired) electrons. The van der Waals surface area contributed by atoms with Crippen LogP contribution in [0.1, 0.15) is 32.6 Å². The number of aliphatic carboxylic acids is 1. The third-order valence-corrected chi connectivity index (χ3v) is 3.76. The minimum atomic E-state index is -0.969. The molecule has 0 saturated carbocycles. The van der Waals surface area contributed by atoms with E-state index in [9.17, 15) is 9.59 Å². The second-order valence-electron chi connectivity index (χ2n) is 5.65. The van der Waals surface area contributed by atoms with Gasteiger partial charge in [-0.15, -0.1) is 0 Å². The van der Waals surface area contributed by atoms with Crippen molar-refractivity contribution in [2.75, 3.05) is 7.11 Å². The van der Waals surface area contributed by atoms with Crippen LogP contribution in [-0.4, -0.2) is 24.0 Å². The molecule has 0 amide bonds. The summed E-state index contributed by atoms with van der Waals surface area (Å²) in [6.45, 7) is 3.99. The van der Waals surface area contributed by atoms with Crippen molar-refractivity contribution in [1.82, 2.24) is 0 Å². The van der Waals surface area contributed by atoms with Gasteiger partial charge in [0.1, 0.15) is 5.75 Å². The van der Waals surface area contributed by atoms with Gasteiger partial charge < -0.3 is 9.84 Å². The maximum atomic E-state index is 12.4. The molecule has 124 valence electrons. The SMILES string of the molecule is COc1ccc(C(=O)/C=C/c2cc(C)ccc2C)cc1CC(=O)O. The van der Waals surface area contributed by atoms with Crippen LogP contribution in [-0.2, 0) is 11.2 Å². The van der Waals surface area contributed by atoms with Gasteiger partial charge >= 0.3 is 5.97 Å². The summed E-state index contributed by atoms with van der Waals surface area (Å²) in [4.78, 5) is 23.3. The summed E-state index contributed by atoms with van der Waals surface area (Å²) in [5.74, 6) is -0.679. The fourth-order valence-electron chi connectivity index (χ4n) is 2.43. The lowest BCUT2D eigenvalue weighted by Crippen LogP contribution is -2.04. The average molecular weight is 324 g/mol. The van der Waals surface area contributed by atoms with Gasteiger partial charge in [-0.2, -0.15) is 0 Å². The van der Waals surface area contributed by atoms with Crippen LogP contribution >= 0.6 is 0 Å². The van der Waals surface area contributed by atoms with Gasteiger partial charge in [0.25, 0.3) is 0 Å². The fourth-order valence-corrected chi connectivity index (χ4v) is 2.43. The van der Waals surface area contributed by atoms with E-state index in [1.165, 1.54) is 13.2 Å². The van der Waals surface area contributed by atoms with Gasteiger partial charge in [0.2, 0.25) is 0 Å². The summed E-state index contributed by atoms with van der Waals surface area (Å²) in [6.07, 6.45) is 3.10. The van der Waals surface area contributed by atoms with Gasteiger partial charge in [0, 0.05) is 11.1 Å². The van der Waals surface area contributed by atoms with Crippen LogP contribution < -0.4 is 4.74 Å². The maximum Gasteiger partial charge on any atom is 0.307 e. The molecule has 0 fully saturated rings. The number of aryl methyl sites for hydroxylation is 2. The van der Waals surface area contributed by atoms with E-state index in [2.05, 4.69) is 0 Å². The summed E-state index contributed by atoms with van der Waals surface area (Å²) in [6, 6.07) is 10.9. The highest BCUT2D eigenvalue weighted by atomic mass is 16.5. The van der Waals surface area contributed by atoms with Crippen LogP contribution in [0, 0.1) is 13.8 Å². The minimum Gasteiger partial charge on any atom is -0.496 e. The van der Waals surface area contributed by atoms with Gasteiger partial charge in [-0.1, -0.05) is 29.8 Å². The molecule has 0 aliphatic carbocycles. The molecule has 0 atom stereocenters. The number of hydrogen-bond donors (Lipinski definition) is 1. The predicted molar refractivity (Wildman–Crippen MR) is 93.6 cm³/mol. The number of benzene rings is 2. The molecule has 0 heterocycles. The Labute approximate surface area is 141 Å². The number of rotatable bonds is 6. The number of ketones is 1. The van der Waals surface area contributed by atoms with Crippen LogP contribution in [0.2, 0.25) is 0 Å². The zero-order valence-electron chi connectivity index (χ0n) is 14.0. The third kappa shape index (κ3) is 4.32. The quantitative estimate of drug-likeness (QED) is 0.648. The number of hydrogen-bond acceptors (Lipinski definition) is 3. The van der Waals surface area contributed by atoms with Crippen LogP contribution in [0.15, 0.2) is 42.5 Å². The highest BCUT2D eigenvalue weighted by molar-refractivity contribution is 6.07. The molecule has 2 rings (SSSR count). The number of ether oxygens (including phenoxy) is 1. The molecule has 24 heavy (non-hydrogen) atoms. The molecule has 0 aromatic heterocycles. The lowest BCUT2D eigenvalue weighted by Gasteiger charge is -2.08. The molecule has 0 unspecified atom stereocenters. The molecular weight excluding hydrogens is 304 g/mol. The molecule has 0 spiro atoms. The first-order valence-electron chi connectivity index (χ1n) is 7.59. The second-order valence-corrected chi connectivity index (χ2v) is 5.65. The first-order chi connectivity index (χ1) is 11.4. The van der Waals surface area contributed by atoms with Gasteiger partial charge in [-0.05, 0) is 49.2 Å². The molecular formula is C20H20O4. The van der Waals surface area contributed by atoms with Crippen molar-refractivity contribution in [3.63, 3.8) is 0 Å². The number of carboxylic acids is 1. The summed E-state index contributed by atoms with van der Waals surface area (Å²) in [5.41, 5.74) is 4.12.